The molecule has 0 radical (unpaired) electrons. The number of nitrogens with one attached hydrogen (secondary N) is 2. The van der Waals surface area contributed by atoms with E-state index in [9.17, 15) is 9.59 Å². The van der Waals surface area contributed by atoms with Crippen LogP contribution in [0.2, 0.25) is 0 Å². The Labute approximate surface area is 128 Å². The summed E-state index contributed by atoms with van der Waals surface area (Å²) < 4.78 is 0. The maximum absolute atomic E-state index is 11.9. The van der Waals surface area contributed by atoms with Gasteiger partial charge in [-0.05, 0) is 57.4 Å². The van der Waals surface area contributed by atoms with Gasteiger partial charge in [0.05, 0.1) is 0 Å². The van der Waals surface area contributed by atoms with Gasteiger partial charge in [-0.25, -0.2) is 0 Å². The smallest absolute Gasteiger partial charge is 0.221 e. The first-order valence-corrected chi connectivity index (χ1v) is 8.31. The lowest BCUT2D eigenvalue weighted by atomic mass is 9.80. The minimum Gasteiger partial charge on any atom is -0.356 e. The van der Waals surface area contributed by atoms with Gasteiger partial charge in [-0.3, -0.25) is 9.59 Å². The van der Waals surface area contributed by atoms with Gasteiger partial charge in [0.25, 0.3) is 0 Å². The first kappa shape index (κ1) is 18.0. The molecule has 1 fully saturated rings. The van der Waals surface area contributed by atoms with Crippen LogP contribution in [0.5, 0.6) is 0 Å². The number of carbonyl (C=O) groups excluding carboxylic acids is 2. The topological polar surface area (TPSA) is 84.2 Å². The van der Waals surface area contributed by atoms with E-state index in [1.807, 2.05) is 13.8 Å². The third-order valence-corrected chi connectivity index (χ3v) is 4.47. The van der Waals surface area contributed by atoms with Gasteiger partial charge in [0.15, 0.2) is 0 Å². The van der Waals surface area contributed by atoms with Crippen molar-refractivity contribution in [2.24, 2.45) is 17.6 Å². The van der Waals surface area contributed by atoms with Crippen LogP contribution in [0.15, 0.2) is 0 Å². The summed E-state index contributed by atoms with van der Waals surface area (Å²) in [6.45, 7) is 5.21. The van der Waals surface area contributed by atoms with Crippen molar-refractivity contribution in [1.82, 2.24) is 10.6 Å². The molecule has 1 aliphatic rings. The molecule has 0 aliphatic heterocycles. The lowest BCUT2D eigenvalue weighted by molar-refractivity contribution is -0.123. The van der Waals surface area contributed by atoms with Gasteiger partial charge in [0.2, 0.25) is 11.8 Å². The van der Waals surface area contributed by atoms with Gasteiger partial charge in [-0.1, -0.05) is 6.92 Å². The second-order valence-corrected chi connectivity index (χ2v) is 6.30. The van der Waals surface area contributed by atoms with E-state index < -0.39 is 0 Å². The highest BCUT2D eigenvalue weighted by Crippen LogP contribution is 2.29. The molecule has 4 N–H and O–H groups in total. The zero-order chi connectivity index (χ0) is 15.7. The first-order chi connectivity index (χ1) is 10.0. The van der Waals surface area contributed by atoms with Crippen LogP contribution in [0.25, 0.3) is 0 Å². The molecule has 0 aromatic carbocycles. The lowest BCUT2D eigenvalue weighted by Crippen LogP contribution is -2.35. The number of nitrogens with two attached hydrogens (primary N) is 1. The summed E-state index contributed by atoms with van der Waals surface area (Å²) in [7, 11) is 0. The Kier molecular flexibility index (Phi) is 8.35. The average molecular weight is 297 g/mol. The van der Waals surface area contributed by atoms with Crippen LogP contribution < -0.4 is 16.4 Å². The second-order valence-electron chi connectivity index (χ2n) is 6.30. The predicted molar refractivity (Wildman–Crippen MR) is 84.6 cm³/mol. The maximum Gasteiger partial charge on any atom is 0.221 e. The van der Waals surface area contributed by atoms with Crippen molar-refractivity contribution in [3.05, 3.63) is 0 Å². The largest absolute Gasteiger partial charge is 0.356 e. The minimum absolute atomic E-state index is 0.00750. The molecule has 1 aliphatic carbocycles. The third-order valence-electron chi connectivity index (χ3n) is 4.47. The summed E-state index contributed by atoms with van der Waals surface area (Å²) >= 11 is 0. The normalized spacial score (nSPS) is 23.4. The quantitative estimate of drug-likeness (QED) is 0.635. The van der Waals surface area contributed by atoms with Gasteiger partial charge >= 0.3 is 0 Å². The minimum atomic E-state index is 0.00750. The first-order valence-electron chi connectivity index (χ1n) is 8.31. The second kappa shape index (κ2) is 9.77. The van der Waals surface area contributed by atoms with Crippen molar-refractivity contribution < 1.29 is 9.59 Å². The molecule has 1 rings (SSSR count). The van der Waals surface area contributed by atoms with Crippen LogP contribution in [-0.4, -0.2) is 30.9 Å². The van der Waals surface area contributed by atoms with Crippen LogP contribution in [0, 0.1) is 11.8 Å². The summed E-state index contributed by atoms with van der Waals surface area (Å²) in [6.07, 6.45) is 6.36. The van der Waals surface area contributed by atoms with E-state index in [2.05, 4.69) is 10.6 Å². The van der Waals surface area contributed by atoms with Gasteiger partial charge in [-0.2, -0.15) is 0 Å². The predicted octanol–water partition coefficient (Wildman–Crippen LogP) is 1.56. The molecule has 0 heterocycles. The number of amides is 2. The fourth-order valence-corrected chi connectivity index (χ4v) is 2.77. The third kappa shape index (κ3) is 7.46. The number of hydrogen-bond acceptors (Lipinski definition) is 3. The molecule has 1 saturated carbocycles. The molecule has 1 atom stereocenters. The zero-order valence-corrected chi connectivity index (χ0v) is 13.5. The molecule has 122 valence electrons. The highest BCUT2D eigenvalue weighted by atomic mass is 16.2. The highest BCUT2D eigenvalue weighted by molar-refractivity contribution is 5.79. The fraction of sp³-hybridized carbons (Fsp3) is 0.875. The Balaban J connectivity index is 2.10. The van der Waals surface area contributed by atoms with E-state index in [4.69, 9.17) is 5.73 Å². The molecular weight excluding hydrogens is 266 g/mol. The highest BCUT2D eigenvalue weighted by Gasteiger charge is 2.22. The van der Waals surface area contributed by atoms with Gasteiger partial charge in [0.1, 0.15) is 0 Å². The Morgan fingerprint density at radius 1 is 1.14 bits per heavy atom. The van der Waals surface area contributed by atoms with Crippen molar-refractivity contribution in [1.29, 1.82) is 0 Å². The molecular formula is C16H31N3O2. The van der Waals surface area contributed by atoms with Crippen LogP contribution in [0.4, 0.5) is 0 Å². The molecule has 0 aromatic heterocycles. The average Bonchev–Trinajstić information content (AvgIpc) is 2.47. The van der Waals surface area contributed by atoms with E-state index in [1.54, 1.807) is 0 Å². The summed E-state index contributed by atoms with van der Waals surface area (Å²) in [5.74, 6) is 1.21. The Bertz CT molecular complexity index is 325. The molecule has 0 saturated heterocycles. The fourth-order valence-electron chi connectivity index (χ4n) is 2.77. The molecule has 2 amide bonds. The molecule has 21 heavy (non-hydrogen) atoms. The molecule has 1 unspecified atom stereocenters. The van der Waals surface area contributed by atoms with Crippen molar-refractivity contribution in [2.75, 3.05) is 13.1 Å². The van der Waals surface area contributed by atoms with Gasteiger partial charge in [0, 0.05) is 25.4 Å². The molecule has 5 heteroatoms. The molecule has 0 spiro atoms. The molecule has 0 bridgehead atoms. The van der Waals surface area contributed by atoms with Gasteiger partial charge in [-0.15, -0.1) is 0 Å². The van der Waals surface area contributed by atoms with E-state index >= 15 is 0 Å². The van der Waals surface area contributed by atoms with Crippen LogP contribution >= 0.6 is 0 Å². The van der Waals surface area contributed by atoms with E-state index in [1.165, 1.54) is 0 Å². The number of hydrogen-bond donors (Lipinski definition) is 3. The summed E-state index contributed by atoms with van der Waals surface area (Å²) in [5, 5.41) is 5.75. The van der Waals surface area contributed by atoms with Gasteiger partial charge < -0.3 is 16.4 Å². The summed E-state index contributed by atoms with van der Waals surface area (Å²) in [6, 6.07) is 0.200. The van der Waals surface area contributed by atoms with E-state index in [-0.39, 0.29) is 17.9 Å². The maximum atomic E-state index is 11.9. The monoisotopic (exact) mass is 297 g/mol. The van der Waals surface area contributed by atoms with Crippen LogP contribution in [0.1, 0.15) is 58.8 Å². The Hall–Kier alpha value is -1.10. The van der Waals surface area contributed by atoms with Crippen LogP contribution in [0.3, 0.4) is 0 Å². The van der Waals surface area contributed by atoms with Crippen LogP contribution in [-0.2, 0) is 9.59 Å². The van der Waals surface area contributed by atoms with Crippen molar-refractivity contribution >= 4 is 11.8 Å². The van der Waals surface area contributed by atoms with Crippen molar-refractivity contribution in [2.45, 2.75) is 64.8 Å². The zero-order valence-electron chi connectivity index (χ0n) is 13.5. The van der Waals surface area contributed by atoms with Crippen molar-refractivity contribution in [3.63, 3.8) is 0 Å². The van der Waals surface area contributed by atoms with E-state index in [0.29, 0.717) is 31.2 Å². The number of carbonyl (C=O) groups is 2. The standard InChI is InChI=1S/C16H31N3O2/c1-3-12(2)19-15(20)8-9-18-16(21)10-13-4-6-14(11-17)7-5-13/h12-14H,3-11,17H2,1-2H3,(H,18,21)(H,19,20). The molecule has 5 nitrogen and oxygen atoms in total. The van der Waals surface area contributed by atoms with Crippen molar-refractivity contribution in [3.8, 4) is 0 Å². The SMILES string of the molecule is CCC(C)NC(=O)CCNC(=O)CC1CCC(CN)CC1. The molecule has 0 aromatic rings. The lowest BCUT2D eigenvalue weighted by Gasteiger charge is -2.27. The van der Waals surface area contributed by atoms with E-state index in [0.717, 1.165) is 38.6 Å². The summed E-state index contributed by atoms with van der Waals surface area (Å²) in [4.78, 5) is 23.4. The summed E-state index contributed by atoms with van der Waals surface area (Å²) in [5.41, 5.74) is 5.67. The Morgan fingerprint density at radius 2 is 1.76 bits per heavy atom. The number of rotatable bonds is 8. The Morgan fingerprint density at radius 3 is 2.33 bits per heavy atom.